The predicted octanol–water partition coefficient (Wildman–Crippen LogP) is -0.0739. The predicted molar refractivity (Wildman–Crippen MR) is 47.3 cm³/mol. The molecule has 0 aliphatic rings. The number of nitrogens with zero attached hydrogens (tertiary/aromatic N) is 2. The van der Waals surface area contributed by atoms with Gasteiger partial charge in [0.2, 0.25) is 0 Å². The van der Waals surface area contributed by atoms with Crippen LogP contribution in [0.5, 0.6) is 0 Å². The monoisotopic (exact) mass is 183 g/mol. The van der Waals surface area contributed by atoms with Crippen LogP contribution in [0.15, 0.2) is 6.20 Å². The highest BCUT2D eigenvalue weighted by Crippen LogP contribution is 2.02. The van der Waals surface area contributed by atoms with E-state index in [1.165, 1.54) is 7.11 Å². The summed E-state index contributed by atoms with van der Waals surface area (Å²) in [5, 5.41) is 2.96. The molecule has 0 bridgehead atoms. The molecule has 0 aliphatic heterocycles. The topological polar surface area (TPSA) is 56.1 Å². The van der Waals surface area contributed by atoms with Gasteiger partial charge in [-0.25, -0.2) is 9.78 Å². The van der Waals surface area contributed by atoms with E-state index in [4.69, 9.17) is 0 Å². The van der Waals surface area contributed by atoms with Gasteiger partial charge in [-0.05, 0) is 7.05 Å². The lowest BCUT2D eigenvalue weighted by molar-refractivity contribution is 0.0594. The molecule has 5 nitrogen and oxygen atoms in total. The van der Waals surface area contributed by atoms with E-state index in [1.54, 1.807) is 10.8 Å². The standard InChI is InChI=1S/C8H13N3O2/c1-9-4-7-10-6(5-11(7)2)8(12)13-3/h5,9H,4H2,1-3H3. The second kappa shape index (κ2) is 4.04. The Morgan fingerprint density at radius 2 is 2.46 bits per heavy atom. The number of hydrogen-bond acceptors (Lipinski definition) is 4. The van der Waals surface area contributed by atoms with Crippen LogP contribution in [0.25, 0.3) is 0 Å². The number of aromatic nitrogens is 2. The molecule has 1 aromatic heterocycles. The summed E-state index contributed by atoms with van der Waals surface area (Å²) >= 11 is 0. The average Bonchev–Trinajstić information content (AvgIpc) is 2.47. The van der Waals surface area contributed by atoms with Crippen LogP contribution < -0.4 is 5.32 Å². The lowest BCUT2D eigenvalue weighted by atomic mass is 10.5. The third-order valence-corrected chi connectivity index (χ3v) is 1.70. The quantitative estimate of drug-likeness (QED) is 0.666. The second-order valence-electron chi connectivity index (χ2n) is 2.68. The Labute approximate surface area is 76.7 Å². The molecule has 0 aromatic carbocycles. The molecule has 13 heavy (non-hydrogen) atoms. The van der Waals surface area contributed by atoms with Crippen LogP contribution in [-0.4, -0.2) is 29.7 Å². The number of methoxy groups -OCH3 is 1. The first-order valence-electron chi connectivity index (χ1n) is 3.94. The lowest BCUT2D eigenvalue weighted by Gasteiger charge is -1.97. The van der Waals surface area contributed by atoms with Crippen LogP contribution >= 0.6 is 0 Å². The van der Waals surface area contributed by atoms with Gasteiger partial charge >= 0.3 is 5.97 Å². The number of esters is 1. The Hall–Kier alpha value is -1.36. The minimum absolute atomic E-state index is 0.343. The van der Waals surface area contributed by atoms with Crippen molar-refractivity contribution in [3.05, 3.63) is 17.7 Å². The third kappa shape index (κ3) is 2.06. The van der Waals surface area contributed by atoms with Crippen molar-refractivity contribution < 1.29 is 9.53 Å². The third-order valence-electron chi connectivity index (χ3n) is 1.70. The molecule has 0 unspecified atom stereocenters. The van der Waals surface area contributed by atoms with Crippen LogP contribution in [0.1, 0.15) is 16.3 Å². The van der Waals surface area contributed by atoms with Gasteiger partial charge in [0, 0.05) is 13.2 Å². The number of rotatable bonds is 3. The number of imidazole rings is 1. The highest BCUT2D eigenvalue weighted by atomic mass is 16.5. The Balaban J connectivity index is 2.88. The maximum absolute atomic E-state index is 11.1. The molecule has 0 amide bonds. The van der Waals surface area contributed by atoms with E-state index in [1.807, 2.05) is 14.1 Å². The molecule has 0 radical (unpaired) electrons. The van der Waals surface area contributed by atoms with Crippen molar-refractivity contribution in [2.24, 2.45) is 7.05 Å². The molecule has 0 spiro atoms. The molecular weight excluding hydrogens is 170 g/mol. The van der Waals surface area contributed by atoms with E-state index >= 15 is 0 Å². The zero-order valence-electron chi connectivity index (χ0n) is 8.00. The van der Waals surface area contributed by atoms with Gasteiger partial charge < -0.3 is 14.6 Å². The molecule has 0 saturated heterocycles. The van der Waals surface area contributed by atoms with Crippen LogP contribution in [0.4, 0.5) is 0 Å². The van der Waals surface area contributed by atoms with E-state index in [0.29, 0.717) is 12.2 Å². The summed E-state index contributed by atoms with van der Waals surface area (Å²) in [6.45, 7) is 0.632. The van der Waals surface area contributed by atoms with Crippen LogP contribution in [0.3, 0.4) is 0 Å². The highest BCUT2D eigenvalue weighted by molar-refractivity contribution is 5.86. The summed E-state index contributed by atoms with van der Waals surface area (Å²) in [5.74, 6) is 0.404. The second-order valence-corrected chi connectivity index (χ2v) is 2.68. The summed E-state index contributed by atoms with van der Waals surface area (Å²) < 4.78 is 6.34. The lowest BCUT2D eigenvalue weighted by Crippen LogP contribution is -2.10. The number of hydrogen-bond donors (Lipinski definition) is 1. The fraction of sp³-hybridized carbons (Fsp3) is 0.500. The van der Waals surface area contributed by atoms with Gasteiger partial charge in [-0.1, -0.05) is 0 Å². The largest absolute Gasteiger partial charge is 0.464 e. The van der Waals surface area contributed by atoms with Crippen molar-refractivity contribution in [1.29, 1.82) is 0 Å². The van der Waals surface area contributed by atoms with Gasteiger partial charge in [0.1, 0.15) is 5.82 Å². The molecule has 0 aliphatic carbocycles. The Kier molecular flexibility index (Phi) is 3.02. The molecule has 0 atom stereocenters. The molecule has 0 fully saturated rings. The van der Waals surface area contributed by atoms with Crippen LogP contribution in [0.2, 0.25) is 0 Å². The maximum atomic E-state index is 11.1. The normalized spacial score (nSPS) is 10.1. The Morgan fingerprint density at radius 1 is 1.77 bits per heavy atom. The SMILES string of the molecule is CNCc1nc(C(=O)OC)cn1C. The van der Waals surface area contributed by atoms with Crippen molar-refractivity contribution in [3.8, 4) is 0 Å². The van der Waals surface area contributed by atoms with Gasteiger partial charge in [0.15, 0.2) is 5.69 Å². The number of carbonyl (C=O) groups is 1. The van der Waals surface area contributed by atoms with E-state index in [0.717, 1.165) is 5.82 Å². The summed E-state index contributed by atoms with van der Waals surface area (Å²) in [5.41, 5.74) is 0.343. The Bertz CT molecular complexity index is 306. The average molecular weight is 183 g/mol. The van der Waals surface area contributed by atoms with Crippen molar-refractivity contribution in [1.82, 2.24) is 14.9 Å². The summed E-state index contributed by atoms with van der Waals surface area (Å²) in [6.07, 6.45) is 1.65. The van der Waals surface area contributed by atoms with E-state index < -0.39 is 5.97 Å². The van der Waals surface area contributed by atoms with Crippen molar-refractivity contribution in [2.45, 2.75) is 6.54 Å². The number of ether oxygens (including phenoxy) is 1. The minimum Gasteiger partial charge on any atom is -0.464 e. The summed E-state index contributed by atoms with van der Waals surface area (Å²) in [4.78, 5) is 15.2. The van der Waals surface area contributed by atoms with Crippen LogP contribution in [0, 0.1) is 0 Å². The van der Waals surface area contributed by atoms with E-state index in [2.05, 4.69) is 15.0 Å². The number of carbonyl (C=O) groups excluding carboxylic acids is 1. The molecule has 72 valence electrons. The number of aryl methyl sites for hydroxylation is 1. The maximum Gasteiger partial charge on any atom is 0.358 e. The molecule has 1 N–H and O–H groups in total. The van der Waals surface area contributed by atoms with Gasteiger partial charge in [0.25, 0.3) is 0 Å². The molecule has 1 aromatic rings. The molecule has 5 heteroatoms. The van der Waals surface area contributed by atoms with Gasteiger partial charge in [0.05, 0.1) is 13.7 Å². The van der Waals surface area contributed by atoms with Crippen molar-refractivity contribution in [3.63, 3.8) is 0 Å². The molecule has 1 heterocycles. The zero-order chi connectivity index (χ0) is 9.84. The van der Waals surface area contributed by atoms with Gasteiger partial charge in [-0.2, -0.15) is 0 Å². The van der Waals surface area contributed by atoms with E-state index in [-0.39, 0.29) is 0 Å². The minimum atomic E-state index is -0.405. The first-order chi connectivity index (χ1) is 6.19. The van der Waals surface area contributed by atoms with Crippen molar-refractivity contribution in [2.75, 3.05) is 14.2 Å². The van der Waals surface area contributed by atoms with Crippen molar-refractivity contribution >= 4 is 5.97 Å². The first kappa shape index (κ1) is 9.73. The smallest absolute Gasteiger partial charge is 0.358 e. The van der Waals surface area contributed by atoms with Crippen LogP contribution in [-0.2, 0) is 18.3 Å². The fourth-order valence-electron chi connectivity index (χ4n) is 1.03. The highest BCUT2D eigenvalue weighted by Gasteiger charge is 2.11. The summed E-state index contributed by atoms with van der Waals surface area (Å²) in [7, 11) is 5.01. The number of nitrogens with one attached hydrogen (secondary N) is 1. The Morgan fingerprint density at radius 3 is 3.00 bits per heavy atom. The first-order valence-corrected chi connectivity index (χ1v) is 3.94. The molecular formula is C8H13N3O2. The van der Waals surface area contributed by atoms with Gasteiger partial charge in [-0.15, -0.1) is 0 Å². The zero-order valence-corrected chi connectivity index (χ0v) is 8.00. The van der Waals surface area contributed by atoms with E-state index in [9.17, 15) is 4.79 Å². The summed E-state index contributed by atoms with van der Waals surface area (Å²) in [6, 6.07) is 0. The fourth-order valence-corrected chi connectivity index (χ4v) is 1.03. The molecule has 1 rings (SSSR count). The molecule has 0 saturated carbocycles. The van der Waals surface area contributed by atoms with Gasteiger partial charge in [-0.3, -0.25) is 0 Å².